The lowest BCUT2D eigenvalue weighted by Gasteiger charge is -2.16. The molecule has 173 valence electrons. The zero-order valence-corrected chi connectivity index (χ0v) is 19.9. The summed E-state index contributed by atoms with van der Waals surface area (Å²) in [5.74, 6) is 0.476. The van der Waals surface area contributed by atoms with E-state index in [9.17, 15) is 9.50 Å². The first-order valence-corrected chi connectivity index (χ1v) is 12.7. The quantitative estimate of drug-likeness (QED) is 0.205. The van der Waals surface area contributed by atoms with Crippen LogP contribution >= 0.6 is 0 Å². The third-order valence-electron chi connectivity index (χ3n) is 6.07. The second-order valence-corrected chi connectivity index (χ2v) is 8.96. The largest absolute Gasteiger partial charge is 0.493 e. The van der Waals surface area contributed by atoms with Crippen LogP contribution in [-0.2, 0) is 5.11 Å². The molecule has 1 radical (unpaired) electrons. The highest BCUT2D eigenvalue weighted by atomic mass is 19.1. The van der Waals surface area contributed by atoms with Crippen LogP contribution in [0.15, 0.2) is 18.2 Å². The zero-order valence-electron chi connectivity index (χ0n) is 19.9. The maximum Gasteiger partial charge on any atom is 0.130 e. The first-order chi connectivity index (χ1) is 14.6. The number of benzene rings is 1. The topological polar surface area (TPSA) is 29.1 Å². The van der Waals surface area contributed by atoms with Gasteiger partial charge >= 0.3 is 0 Å². The predicted molar refractivity (Wildman–Crippen MR) is 125 cm³/mol. The van der Waals surface area contributed by atoms with E-state index < -0.39 is 6.10 Å². The van der Waals surface area contributed by atoms with Crippen LogP contribution in [0, 0.1) is 5.82 Å². The molecule has 0 saturated carbocycles. The van der Waals surface area contributed by atoms with Crippen LogP contribution in [0.5, 0.6) is 5.75 Å². The summed E-state index contributed by atoms with van der Waals surface area (Å²) < 4.78 is 20.3. The van der Waals surface area contributed by atoms with Gasteiger partial charge in [0, 0.05) is 6.07 Å². The van der Waals surface area contributed by atoms with E-state index in [2.05, 4.69) is 13.8 Å². The van der Waals surface area contributed by atoms with Crippen molar-refractivity contribution in [2.24, 2.45) is 0 Å². The van der Waals surface area contributed by atoms with Crippen LogP contribution in [0.4, 0.5) is 4.39 Å². The van der Waals surface area contributed by atoms with Gasteiger partial charge < -0.3 is 4.74 Å². The summed E-state index contributed by atoms with van der Waals surface area (Å²) in [6.45, 7) is 7.09. The van der Waals surface area contributed by atoms with Gasteiger partial charge in [0.05, 0.1) is 12.7 Å². The molecule has 3 heteroatoms. The minimum atomic E-state index is -0.512. The van der Waals surface area contributed by atoms with Crippen LogP contribution in [0.2, 0.25) is 0 Å². The van der Waals surface area contributed by atoms with Crippen LogP contribution < -0.4 is 4.74 Å². The summed E-state index contributed by atoms with van der Waals surface area (Å²) in [7, 11) is 0. The molecule has 1 aromatic rings. The van der Waals surface area contributed by atoms with Crippen LogP contribution in [0.1, 0.15) is 129 Å². The molecular weight excluding hydrogens is 375 g/mol. The van der Waals surface area contributed by atoms with E-state index in [1.54, 1.807) is 0 Å². The number of rotatable bonds is 19. The van der Waals surface area contributed by atoms with E-state index in [-0.39, 0.29) is 11.7 Å². The molecule has 2 unspecified atom stereocenters. The number of unbranched alkanes of at least 4 members (excludes halogenated alkanes) is 10. The summed E-state index contributed by atoms with van der Waals surface area (Å²) in [6, 6.07) is 5.22. The Morgan fingerprint density at radius 2 is 1.40 bits per heavy atom. The molecule has 0 bridgehead atoms. The average Bonchev–Trinajstić information content (AvgIpc) is 2.74. The minimum Gasteiger partial charge on any atom is -0.493 e. The predicted octanol–water partition coefficient (Wildman–Crippen LogP) is 9.00. The summed E-state index contributed by atoms with van der Waals surface area (Å²) in [6.07, 6.45) is 16.3. The Kier molecular flexibility index (Phi) is 15.8. The molecule has 2 nitrogen and oxygen atoms in total. The van der Waals surface area contributed by atoms with Gasteiger partial charge in [0.15, 0.2) is 0 Å². The zero-order chi connectivity index (χ0) is 22.0. The lowest BCUT2D eigenvalue weighted by atomic mass is 9.93. The lowest BCUT2D eigenvalue weighted by Crippen LogP contribution is -2.07. The molecular formula is C27H46FO2. The number of hydrogen-bond donors (Lipinski definition) is 0. The summed E-state index contributed by atoms with van der Waals surface area (Å²) in [5.41, 5.74) is 0.701. The first kappa shape index (κ1) is 26.9. The summed E-state index contributed by atoms with van der Waals surface area (Å²) >= 11 is 0. The fraction of sp³-hybridized carbons (Fsp3) is 0.778. The Balaban J connectivity index is 2.23. The smallest absolute Gasteiger partial charge is 0.130 e. The molecule has 30 heavy (non-hydrogen) atoms. The molecule has 0 spiro atoms. The molecule has 0 aliphatic heterocycles. The van der Waals surface area contributed by atoms with Crippen molar-refractivity contribution in [1.82, 2.24) is 0 Å². The molecule has 2 atom stereocenters. The fourth-order valence-corrected chi connectivity index (χ4v) is 3.96. The summed E-state index contributed by atoms with van der Waals surface area (Å²) in [4.78, 5) is 0. The van der Waals surface area contributed by atoms with Crippen molar-refractivity contribution in [2.45, 2.75) is 129 Å². The highest BCUT2D eigenvalue weighted by molar-refractivity contribution is 5.30. The van der Waals surface area contributed by atoms with Gasteiger partial charge in [-0.15, -0.1) is 0 Å². The molecule has 0 saturated heterocycles. The van der Waals surface area contributed by atoms with Gasteiger partial charge in [0.1, 0.15) is 11.6 Å². The maximum absolute atomic E-state index is 14.5. The van der Waals surface area contributed by atoms with Gasteiger partial charge in [-0.3, -0.25) is 0 Å². The van der Waals surface area contributed by atoms with E-state index in [0.29, 0.717) is 24.3 Å². The van der Waals surface area contributed by atoms with Crippen molar-refractivity contribution in [3.8, 4) is 5.75 Å². The van der Waals surface area contributed by atoms with E-state index in [1.807, 2.05) is 19.1 Å². The van der Waals surface area contributed by atoms with Crippen molar-refractivity contribution < 1.29 is 14.2 Å². The van der Waals surface area contributed by atoms with E-state index in [0.717, 1.165) is 32.1 Å². The highest BCUT2D eigenvalue weighted by Gasteiger charge is 2.15. The van der Waals surface area contributed by atoms with E-state index >= 15 is 0 Å². The molecule has 0 aliphatic rings. The van der Waals surface area contributed by atoms with Gasteiger partial charge in [-0.05, 0) is 43.2 Å². The van der Waals surface area contributed by atoms with E-state index in [1.165, 1.54) is 63.9 Å². The standard InChI is InChI=1S/C27H46FO2/c1-4-6-8-10-11-12-13-15-21-30-25-19-20-26(27(28)22-25)23(3)17-18-24(29)16-14-9-7-5-2/h19-20,22-24H,4-18,21H2,1-3H3. The summed E-state index contributed by atoms with van der Waals surface area (Å²) in [5, 5.41) is 12.1. The van der Waals surface area contributed by atoms with Gasteiger partial charge in [-0.25, -0.2) is 9.50 Å². The lowest BCUT2D eigenvalue weighted by molar-refractivity contribution is 0.0680. The van der Waals surface area contributed by atoms with Crippen LogP contribution in [0.25, 0.3) is 0 Å². The SMILES string of the molecule is CCCCCCCCCCOc1ccc(C(C)CCC([O])CCCCCC)c(F)c1. The fourth-order valence-electron chi connectivity index (χ4n) is 3.96. The Labute approximate surface area is 185 Å². The van der Waals surface area contributed by atoms with Crippen LogP contribution in [-0.4, -0.2) is 12.7 Å². The second-order valence-electron chi connectivity index (χ2n) is 8.96. The number of halogens is 1. The van der Waals surface area contributed by atoms with Gasteiger partial charge in [0.25, 0.3) is 0 Å². The highest BCUT2D eigenvalue weighted by Crippen LogP contribution is 2.28. The number of ether oxygens (including phenoxy) is 1. The molecule has 0 heterocycles. The van der Waals surface area contributed by atoms with E-state index in [4.69, 9.17) is 4.74 Å². The normalized spacial score (nSPS) is 13.4. The Hall–Kier alpha value is -1.09. The minimum absolute atomic E-state index is 0.0684. The number of hydrogen-bond acceptors (Lipinski definition) is 1. The Bertz CT molecular complexity index is 532. The van der Waals surface area contributed by atoms with Crippen molar-refractivity contribution in [2.75, 3.05) is 6.61 Å². The molecule has 0 aliphatic carbocycles. The third kappa shape index (κ3) is 12.6. The molecule has 0 N–H and O–H groups in total. The van der Waals surface area contributed by atoms with Gasteiger partial charge in [-0.2, -0.15) is 0 Å². The maximum atomic E-state index is 14.5. The second kappa shape index (κ2) is 17.6. The molecule has 0 fully saturated rings. The molecule has 1 aromatic carbocycles. The molecule has 0 amide bonds. The molecule has 1 rings (SSSR count). The average molecular weight is 422 g/mol. The van der Waals surface area contributed by atoms with Crippen molar-refractivity contribution in [3.63, 3.8) is 0 Å². The van der Waals surface area contributed by atoms with Crippen molar-refractivity contribution >= 4 is 0 Å². The van der Waals surface area contributed by atoms with Crippen LogP contribution in [0.3, 0.4) is 0 Å². The monoisotopic (exact) mass is 421 g/mol. The van der Waals surface area contributed by atoms with Crippen molar-refractivity contribution in [3.05, 3.63) is 29.6 Å². The third-order valence-corrected chi connectivity index (χ3v) is 6.07. The first-order valence-electron chi connectivity index (χ1n) is 12.7. The molecule has 0 aromatic heterocycles. The van der Waals surface area contributed by atoms with Gasteiger partial charge in [0.2, 0.25) is 0 Å². The Morgan fingerprint density at radius 1 is 0.800 bits per heavy atom. The van der Waals surface area contributed by atoms with Gasteiger partial charge in [-0.1, -0.05) is 97.5 Å². The Morgan fingerprint density at radius 3 is 2.03 bits per heavy atom. The van der Waals surface area contributed by atoms with Crippen molar-refractivity contribution in [1.29, 1.82) is 0 Å².